The fraction of sp³-hybridized carbons (Fsp3) is 0.286. The highest BCUT2D eigenvalue weighted by Gasteiger charge is 2.20. The fourth-order valence-corrected chi connectivity index (χ4v) is 2.85. The SMILES string of the molecule is COc1cccc(OC)c1C(Cc1cccs1)NN. The Bertz CT molecular complexity index is 492. The molecule has 2 rings (SSSR count). The van der Waals surface area contributed by atoms with E-state index in [-0.39, 0.29) is 6.04 Å². The number of hydrogen-bond acceptors (Lipinski definition) is 5. The van der Waals surface area contributed by atoms with Gasteiger partial charge in [0.2, 0.25) is 0 Å². The van der Waals surface area contributed by atoms with Gasteiger partial charge >= 0.3 is 0 Å². The lowest BCUT2D eigenvalue weighted by atomic mass is 10.0. The van der Waals surface area contributed by atoms with E-state index >= 15 is 0 Å². The van der Waals surface area contributed by atoms with Crippen molar-refractivity contribution in [3.05, 3.63) is 46.2 Å². The lowest BCUT2D eigenvalue weighted by Crippen LogP contribution is -2.30. The maximum Gasteiger partial charge on any atom is 0.127 e. The first kappa shape index (κ1) is 13.9. The van der Waals surface area contributed by atoms with Crippen LogP contribution in [0.4, 0.5) is 0 Å². The Morgan fingerprint density at radius 2 is 1.84 bits per heavy atom. The highest BCUT2D eigenvalue weighted by molar-refractivity contribution is 7.09. The minimum Gasteiger partial charge on any atom is -0.496 e. The molecule has 4 nitrogen and oxygen atoms in total. The smallest absolute Gasteiger partial charge is 0.127 e. The average molecular weight is 278 g/mol. The number of nitrogens with two attached hydrogens (primary N) is 1. The molecule has 0 aliphatic heterocycles. The van der Waals surface area contributed by atoms with E-state index < -0.39 is 0 Å². The van der Waals surface area contributed by atoms with E-state index in [1.807, 2.05) is 24.3 Å². The molecule has 1 aromatic carbocycles. The molecule has 0 saturated heterocycles. The lowest BCUT2D eigenvalue weighted by Gasteiger charge is -2.21. The van der Waals surface area contributed by atoms with Crippen molar-refractivity contribution in [2.24, 2.45) is 5.84 Å². The number of hydrazine groups is 1. The molecule has 1 atom stereocenters. The molecular formula is C14H18N2O2S. The number of benzene rings is 1. The van der Waals surface area contributed by atoms with Crippen molar-refractivity contribution in [2.45, 2.75) is 12.5 Å². The first-order valence-corrected chi connectivity index (χ1v) is 6.87. The van der Waals surface area contributed by atoms with Gasteiger partial charge in [-0.25, -0.2) is 0 Å². The number of hydrogen-bond donors (Lipinski definition) is 2. The summed E-state index contributed by atoms with van der Waals surface area (Å²) in [5.41, 5.74) is 3.80. The van der Waals surface area contributed by atoms with E-state index in [2.05, 4.69) is 16.9 Å². The average Bonchev–Trinajstić information content (AvgIpc) is 2.97. The van der Waals surface area contributed by atoms with Crippen LogP contribution in [0.2, 0.25) is 0 Å². The van der Waals surface area contributed by atoms with Gasteiger partial charge in [-0.3, -0.25) is 11.3 Å². The van der Waals surface area contributed by atoms with E-state index in [9.17, 15) is 0 Å². The minimum absolute atomic E-state index is 0.0512. The maximum atomic E-state index is 5.71. The van der Waals surface area contributed by atoms with Crippen LogP contribution in [0.15, 0.2) is 35.7 Å². The highest BCUT2D eigenvalue weighted by atomic mass is 32.1. The van der Waals surface area contributed by atoms with Gasteiger partial charge < -0.3 is 9.47 Å². The summed E-state index contributed by atoms with van der Waals surface area (Å²) in [6.45, 7) is 0. The van der Waals surface area contributed by atoms with Crippen molar-refractivity contribution in [2.75, 3.05) is 14.2 Å². The second-order valence-electron chi connectivity index (χ2n) is 4.08. The molecule has 5 heteroatoms. The van der Waals surface area contributed by atoms with Gasteiger partial charge in [0.05, 0.1) is 25.8 Å². The third-order valence-electron chi connectivity index (χ3n) is 3.00. The molecule has 0 radical (unpaired) electrons. The van der Waals surface area contributed by atoms with Gasteiger partial charge in [0.15, 0.2) is 0 Å². The quantitative estimate of drug-likeness (QED) is 0.630. The van der Waals surface area contributed by atoms with E-state index in [0.717, 1.165) is 23.5 Å². The van der Waals surface area contributed by atoms with E-state index in [0.29, 0.717) is 0 Å². The monoisotopic (exact) mass is 278 g/mol. The van der Waals surface area contributed by atoms with Crippen LogP contribution in [0.1, 0.15) is 16.5 Å². The zero-order valence-corrected chi connectivity index (χ0v) is 11.9. The molecule has 0 saturated carbocycles. The van der Waals surface area contributed by atoms with Gasteiger partial charge in [-0.2, -0.15) is 0 Å². The van der Waals surface area contributed by atoms with Crippen LogP contribution in [0, 0.1) is 0 Å². The van der Waals surface area contributed by atoms with Gasteiger partial charge in [0.1, 0.15) is 11.5 Å². The van der Waals surface area contributed by atoms with Gasteiger partial charge in [-0.05, 0) is 23.6 Å². The van der Waals surface area contributed by atoms with E-state index in [4.69, 9.17) is 15.3 Å². The molecule has 0 amide bonds. The number of ether oxygens (including phenoxy) is 2. The van der Waals surface area contributed by atoms with Crippen molar-refractivity contribution in [1.82, 2.24) is 5.43 Å². The van der Waals surface area contributed by atoms with Crippen molar-refractivity contribution >= 4 is 11.3 Å². The zero-order valence-electron chi connectivity index (χ0n) is 11.1. The summed E-state index contributed by atoms with van der Waals surface area (Å²) in [4.78, 5) is 1.26. The van der Waals surface area contributed by atoms with Crippen molar-refractivity contribution in [1.29, 1.82) is 0 Å². The van der Waals surface area contributed by atoms with Crippen LogP contribution in [0.5, 0.6) is 11.5 Å². The number of nitrogens with one attached hydrogen (secondary N) is 1. The number of thiophene rings is 1. The van der Waals surface area contributed by atoms with Crippen molar-refractivity contribution in [3.8, 4) is 11.5 Å². The number of methoxy groups -OCH3 is 2. The zero-order chi connectivity index (χ0) is 13.7. The summed E-state index contributed by atoms with van der Waals surface area (Å²) in [7, 11) is 3.30. The first-order chi connectivity index (χ1) is 9.30. The second kappa shape index (κ2) is 6.56. The van der Waals surface area contributed by atoms with Crippen molar-refractivity contribution in [3.63, 3.8) is 0 Å². The summed E-state index contributed by atoms with van der Waals surface area (Å²) in [5.74, 6) is 7.27. The molecule has 2 aromatic rings. The second-order valence-corrected chi connectivity index (χ2v) is 5.11. The molecular weight excluding hydrogens is 260 g/mol. The molecule has 0 aliphatic rings. The molecule has 1 heterocycles. The predicted octanol–water partition coefficient (Wildman–Crippen LogP) is 2.51. The van der Waals surface area contributed by atoms with Gasteiger partial charge in [-0.15, -0.1) is 11.3 Å². The summed E-state index contributed by atoms with van der Waals surface area (Å²) >= 11 is 1.71. The highest BCUT2D eigenvalue weighted by Crippen LogP contribution is 2.35. The topological polar surface area (TPSA) is 56.5 Å². The Morgan fingerprint density at radius 1 is 1.16 bits per heavy atom. The molecule has 1 unspecified atom stereocenters. The molecule has 1 aromatic heterocycles. The Hall–Kier alpha value is -1.56. The Labute approximate surface area is 117 Å². The molecule has 102 valence electrons. The Morgan fingerprint density at radius 3 is 2.32 bits per heavy atom. The molecule has 0 fully saturated rings. The summed E-state index contributed by atoms with van der Waals surface area (Å²) < 4.78 is 10.8. The standard InChI is InChI=1S/C14H18N2O2S/c1-17-12-6-3-7-13(18-2)14(12)11(16-15)9-10-5-4-8-19-10/h3-8,11,16H,9,15H2,1-2H3. The minimum atomic E-state index is -0.0512. The predicted molar refractivity (Wildman–Crippen MR) is 77.6 cm³/mol. The van der Waals surface area contributed by atoms with Crippen molar-refractivity contribution < 1.29 is 9.47 Å². The maximum absolute atomic E-state index is 5.71. The largest absolute Gasteiger partial charge is 0.496 e. The van der Waals surface area contributed by atoms with Crippen LogP contribution in [0.25, 0.3) is 0 Å². The molecule has 19 heavy (non-hydrogen) atoms. The van der Waals surface area contributed by atoms with Crippen LogP contribution in [-0.2, 0) is 6.42 Å². The molecule has 0 spiro atoms. The summed E-state index contributed by atoms with van der Waals surface area (Å²) in [6.07, 6.45) is 0.797. The normalized spacial score (nSPS) is 12.2. The lowest BCUT2D eigenvalue weighted by molar-refractivity contribution is 0.370. The molecule has 0 aliphatic carbocycles. The van der Waals surface area contributed by atoms with Gasteiger partial charge in [0, 0.05) is 11.3 Å². The summed E-state index contributed by atoms with van der Waals surface area (Å²) in [6, 6.07) is 9.81. The summed E-state index contributed by atoms with van der Waals surface area (Å²) in [5, 5.41) is 2.06. The van der Waals surface area contributed by atoms with E-state index in [1.54, 1.807) is 25.6 Å². The third-order valence-corrected chi connectivity index (χ3v) is 3.90. The van der Waals surface area contributed by atoms with E-state index in [1.165, 1.54) is 4.88 Å². The third kappa shape index (κ3) is 3.07. The fourth-order valence-electron chi connectivity index (χ4n) is 2.10. The first-order valence-electron chi connectivity index (χ1n) is 5.99. The molecule has 3 N–H and O–H groups in total. The van der Waals surface area contributed by atoms with Crippen LogP contribution in [0.3, 0.4) is 0 Å². The van der Waals surface area contributed by atoms with Gasteiger partial charge in [-0.1, -0.05) is 12.1 Å². The Kier molecular flexibility index (Phi) is 4.79. The molecule has 0 bridgehead atoms. The Balaban J connectivity index is 2.36. The van der Waals surface area contributed by atoms with Crippen LogP contribution >= 0.6 is 11.3 Å². The van der Waals surface area contributed by atoms with Crippen LogP contribution in [-0.4, -0.2) is 14.2 Å². The van der Waals surface area contributed by atoms with Gasteiger partial charge in [0.25, 0.3) is 0 Å². The number of rotatable bonds is 6. The van der Waals surface area contributed by atoms with Crippen LogP contribution < -0.4 is 20.7 Å².